The van der Waals surface area contributed by atoms with Crippen molar-refractivity contribution in [1.29, 1.82) is 0 Å². The molecule has 37 heavy (non-hydrogen) atoms. The fourth-order valence-electron chi connectivity index (χ4n) is 3.71. The zero-order valence-corrected chi connectivity index (χ0v) is 23.7. The number of benzene rings is 3. The minimum atomic E-state index is -0.117. The summed E-state index contributed by atoms with van der Waals surface area (Å²) in [6.45, 7) is 7.64. The Labute approximate surface area is 226 Å². The molecule has 1 atom stereocenters. The highest BCUT2D eigenvalue weighted by Gasteiger charge is 2.16. The van der Waals surface area contributed by atoms with E-state index < -0.39 is 0 Å². The van der Waals surface area contributed by atoms with Crippen molar-refractivity contribution in [3.8, 4) is 17.2 Å². The van der Waals surface area contributed by atoms with Crippen LogP contribution in [0.3, 0.4) is 0 Å². The van der Waals surface area contributed by atoms with Crippen molar-refractivity contribution in [1.82, 2.24) is 0 Å². The standard InChI is InChI=1S/C30H38N2O4S/c1-30(2,3)22-11-15-26(16-12-22)36-29(37)32(5)24-9-8-10-27(19-24)35-21-28(34-7)20-31(4)23-13-17-25(33-6)18-14-23/h8-19,28H,20-21H2,1-7H3. The van der Waals surface area contributed by atoms with Gasteiger partial charge >= 0.3 is 0 Å². The predicted molar refractivity (Wildman–Crippen MR) is 156 cm³/mol. The Bertz CT molecular complexity index is 1140. The maximum absolute atomic E-state index is 6.08. The van der Waals surface area contributed by atoms with Crippen molar-refractivity contribution in [2.75, 3.05) is 51.3 Å². The fraction of sp³-hybridized carbons (Fsp3) is 0.367. The first kappa shape index (κ1) is 28.3. The van der Waals surface area contributed by atoms with Gasteiger partial charge in [-0.25, -0.2) is 0 Å². The number of hydrogen-bond acceptors (Lipinski definition) is 6. The zero-order valence-electron chi connectivity index (χ0n) is 22.9. The minimum absolute atomic E-state index is 0.0865. The summed E-state index contributed by atoms with van der Waals surface area (Å²) in [6.07, 6.45) is -0.117. The summed E-state index contributed by atoms with van der Waals surface area (Å²) in [5.74, 6) is 2.27. The number of ether oxygens (including phenoxy) is 4. The van der Waals surface area contributed by atoms with Crippen molar-refractivity contribution < 1.29 is 18.9 Å². The summed E-state index contributed by atoms with van der Waals surface area (Å²) in [4.78, 5) is 3.95. The number of nitrogens with zero attached hydrogens (tertiary/aromatic N) is 2. The molecule has 0 radical (unpaired) electrons. The van der Waals surface area contributed by atoms with Gasteiger partial charge in [0.1, 0.15) is 30.0 Å². The second kappa shape index (κ2) is 12.8. The summed E-state index contributed by atoms with van der Waals surface area (Å²) < 4.78 is 22.9. The van der Waals surface area contributed by atoms with Gasteiger partial charge in [-0.3, -0.25) is 0 Å². The molecule has 6 nitrogen and oxygen atoms in total. The maximum Gasteiger partial charge on any atom is 0.269 e. The van der Waals surface area contributed by atoms with Gasteiger partial charge in [0.15, 0.2) is 0 Å². The number of thiocarbonyl (C=S) groups is 1. The van der Waals surface area contributed by atoms with Crippen LogP contribution in [-0.4, -0.2) is 52.7 Å². The molecular formula is C30H38N2O4S. The highest BCUT2D eigenvalue weighted by Crippen LogP contribution is 2.26. The largest absolute Gasteiger partial charge is 0.497 e. The van der Waals surface area contributed by atoms with Crippen molar-refractivity contribution in [3.63, 3.8) is 0 Å². The third-order valence-electron chi connectivity index (χ3n) is 6.16. The SMILES string of the molecule is COc1ccc(N(C)CC(COc2cccc(N(C)C(=S)Oc3ccc(C(C)(C)C)cc3)c2)OC)cc1. The van der Waals surface area contributed by atoms with Crippen LogP contribution in [0.2, 0.25) is 0 Å². The molecule has 198 valence electrons. The second-order valence-corrected chi connectivity index (χ2v) is 10.3. The third-order valence-corrected chi connectivity index (χ3v) is 6.52. The molecule has 1 unspecified atom stereocenters. The van der Waals surface area contributed by atoms with Gasteiger partial charge in [0, 0.05) is 45.2 Å². The van der Waals surface area contributed by atoms with Crippen LogP contribution in [-0.2, 0) is 10.2 Å². The van der Waals surface area contributed by atoms with E-state index in [9.17, 15) is 0 Å². The van der Waals surface area contributed by atoms with Gasteiger partial charge in [-0.2, -0.15) is 0 Å². The van der Waals surface area contributed by atoms with Crippen molar-refractivity contribution in [2.24, 2.45) is 0 Å². The molecule has 0 N–H and O–H groups in total. The molecule has 0 saturated carbocycles. The van der Waals surface area contributed by atoms with Crippen LogP contribution in [0.5, 0.6) is 17.2 Å². The molecule has 0 aromatic heterocycles. The molecule has 3 aromatic rings. The van der Waals surface area contributed by atoms with Gasteiger partial charge < -0.3 is 28.7 Å². The monoisotopic (exact) mass is 522 g/mol. The van der Waals surface area contributed by atoms with Gasteiger partial charge in [-0.1, -0.05) is 39.0 Å². The average Bonchev–Trinajstić information content (AvgIpc) is 2.90. The first-order chi connectivity index (χ1) is 17.6. The number of methoxy groups -OCH3 is 2. The lowest BCUT2D eigenvalue weighted by molar-refractivity contribution is 0.0636. The lowest BCUT2D eigenvalue weighted by Crippen LogP contribution is -2.34. The van der Waals surface area contributed by atoms with Crippen LogP contribution in [0, 0.1) is 0 Å². The topological polar surface area (TPSA) is 43.4 Å². The molecule has 0 bridgehead atoms. The average molecular weight is 523 g/mol. The van der Waals surface area contributed by atoms with Gasteiger partial charge in [-0.15, -0.1) is 0 Å². The molecule has 7 heteroatoms. The van der Waals surface area contributed by atoms with E-state index in [0.29, 0.717) is 24.1 Å². The van der Waals surface area contributed by atoms with Crippen LogP contribution >= 0.6 is 12.2 Å². The normalized spacial score (nSPS) is 12.0. The second-order valence-electron chi connectivity index (χ2n) is 9.95. The smallest absolute Gasteiger partial charge is 0.269 e. The molecule has 0 amide bonds. The van der Waals surface area contributed by atoms with E-state index in [4.69, 9.17) is 31.2 Å². The highest BCUT2D eigenvalue weighted by molar-refractivity contribution is 7.80. The molecule has 3 rings (SSSR count). The lowest BCUT2D eigenvalue weighted by Gasteiger charge is -2.25. The first-order valence-corrected chi connectivity index (χ1v) is 12.7. The van der Waals surface area contributed by atoms with Crippen LogP contribution in [0.15, 0.2) is 72.8 Å². The Kier molecular flexibility index (Phi) is 9.78. The van der Waals surface area contributed by atoms with Gasteiger partial charge in [0.25, 0.3) is 5.17 Å². The molecule has 0 saturated heterocycles. The molecular weight excluding hydrogens is 484 g/mol. The van der Waals surface area contributed by atoms with E-state index in [1.807, 2.05) is 79.7 Å². The first-order valence-electron chi connectivity index (χ1n) is 12.3. The molecule has 3 aromatic carbocycles. The van der Waals surface area contributed by atoms with Crippen molar-refractivity contribution in [3.05, 3.63) is 78.4 Å². The van der Waals surface area contributed by atoms with E-state index >= 15 is 0 Å². The Morgan fingerprint density at radius 3 is 2.08 bits per heavy atom. The van der Waals surface area contributed by atoms with Crippen LogP contribution < -0.4 is 24.0 Å². The minimum Gasteiger partial charge on any atom is -0.497 e. The molecule has 0 aliphatic rings. The quantitative estimate of drug-likeness (QED) is 0.289. The summed E-state index contributed by atoms with van der Waals surface area (Å²) in [5.41, 5.74) is 3.28. The van der Waals surface area contributed by atoms with E-state index in [1.54, 1.807) is 14.2 Å². The number of likely N-dealkylation sites (N-methyl/N-ethyl adjacent to an activating group) is 1. The van der Waals surface area contributed by atoms with E-state index in [0.717, 1.165) is 22.9 Å². The lowest BCUT2D eigenvalue weighted by atomic mass is 9.87. The Hall–Kier alpha value is -3.29. The molecule has 0 aliphatic carbocycles. The highest BCUT2D eigenvalue weighted by atomic mass is 32.1. The molecule has 0 aliphatic heterocycles. The maximum atomic E-state index is 6.08. The summed E-state index contributed by atoms with van der Waals surface area (Å²) in [6, 6.07) is 23.8. The molecule has 0 heterocycles. The molecule has 0 fully saturated rings. The van der Waals surface area contributed by atoms with Crippen molar-refractivity contribution in [2.45, 2.75) is 32.3 Å². The number of hydrogen-bond donors (Lipinski definition) is 0. The summed E-state index contributed by atoms with van der Waals surface area (Å²) in [5, 5.41) is 0.358. The van der Waals surface area contributed by atoms with Crippen LogP contribution in [0.25, 0.3) is 0 Å². The van der Waals surface area contributed by atoms with Crippen LogP contribution in [0.4, 0.5) is 11.4 Å². The number of anilines is 2. The zero-order chi connectivity index (χ0) is 27.0. The summed E-state index contributed by atoms with van der Waals surface area (Å²) in [7, 11) is 7.27. The summed E-state index contributed by atoms with van der Waals surface area (Å²) >= 11 is 5.55. The fourth-order valence-corrected chi connectivity index (χ4v) is 3.91. The Balaban J connectivity index is 1.57. The van der Waals surface area contributed by atoms with Crippen molar-refractivity contribution >= 4 is 28.8 Å². The predicted octanol–water partition coefficient (Wildman–Crippen LogP) is 6.32. The Morgan fingerprint density at radius 2 is 1.49 bits per heavy atom. The van der Waals surface area contributed by atoms with Crippen LogP contribution in [0.1, 0.15) is 26.3 Å². The van der Waals surface area contributed by atoms with Gasteiger partial charge in [-0.05, 0) is 71.7 Å². The Morgan fingerprint density at radius 1 is 0.838 bits per heavy atom. The number of rotatable bonds is 10. The third kappa shape index (κ3) is 8.10. The van der Waals surface area contributed by atoms with E-state index in [1.165, 1.54) is 5.56 Å². The van der Waals surface area contributed by atoms with Gasteiger partial charge in [0.2, 0.25) is 0 Å². The van der Waals surface area contributed by atoms with E-state index in [-0.39, 0.29) is 11.5 Å². The molecule has 0 spiro atoms. The van der Waals surface area contributed by atoms with E-state index in [2.05, 4.69) is 37.8 Å². The van der Waals surface area contributed by atoms with Gasteiger partial charge in [0.05, 0.1) is 7.11 Å².